The normalized spacial score (nSPS) is 22.6. The first-order chi connectivity index (χ1) is 9.41. The molecule has 0 bridgehead atoms. The number of halogens is 1. The van der Waals surface area contributed by atoms with Crippen molar-refractivity contribution in [3.63, 3.8) is 0 Å². The number of hydrogen-bond acceptors (Lipinski definition) is 4. The van der Waals surface area contributed by atoms with Crippen molar-refractivity contribution in [3.05, 3.63) is 28.2 Å². The van der Waals surface area contributed by atoms with Crippen LogP contribution in [0.3, 0.4) is 0 Å². The second-order valence-electron chi connectivity index (χ2n) is 5.29. The molecule has 4 nitrogen and oxygen atoms in total. The van der Waals surface area contributed by atoms with Gasteiger partial charge in [-0.2, -0.15) is 0 Å². The Bertz CT molecular complexity index is 574. The summed E-state index contributed by atoms with van der Waals surface area (Å²) < 4.78 is 29.0. The summed E-state index contributed by atoms with van der Waals surface area (Å²) in [5.74, 6) is 1.70. The van der Waals surface area contributed by atoms with Crippen molar-refractivity contribution in [1.29, 1.82) is 0 Å². The molecule has 0 aromatic heterocycles. The van der Waals surface area contributed by atoms with Gasteiger partial charge in [-0.05, 0) is 59.4 Å². The molecule has 1 saturated heterocycles. The molecule has 0 amide bonds. The van der Waals surface area contributed by atoms with E-state index in [2.05, 4.69) is 28.2 Å². The van der Waals surface area contributed by atoms with E-state index in [0.717, 1.165) is 28.8 Å². The molecule has 2 unspecified atom stereocenters. The molecule has 0 aliphatic carbocycles. The Morgan fingerprint density at radius 2 is 2.25 bits per heavy atom. The van der Waals surface area contributed by atoms with Gasteiger partial charge in [-0.1, -0.05) is 6.07 Å². The van der Waals surface area contributed by atoms with E-state index in [1.165, 1.54) is 0 Å². The monoisotopic (exact) mass is 361 g/mol. The molecule has 2 rings (SSSR count). The van der Waals surface area contributed by atoms with Gasteiger partial charge in [0.2, 0.25) is 0 Å². The van der Waals surface area contributed by atoms with E-state index in [0.29, 0.717) is 11.5 Å². The van der Waals surface area contributed by atoms with E-state index in [-0.39, 0.29) is 12.0 Å². The Balaban J connectivity index is 1.92. The van der Waals surface area contributed by atoms with E-state index in [9.17, 15) is 8.42 Å². The molecule has 2 atom stereocenters. The quantitative estimate of drug-likeness (QED) is 0.875. The lowest BCUT2D eigenvalue weighted by Gasteiger charge is -2.17. The molecule has 112 valence electrons. The Labute approximate surface area is 129 Å². The van der Waals surface area contributed by atoms with Crippen LogP contribution in [0.5, 0.6) is 5.75 Å². The zero-order valence-corrected chi connectivity index (χ0v) is 14.1. The van der Waals surface area contributed by atoms with Crippen LogP contribution in [0, 0.1) is 5.92 Å². The van der Waals surface area contributed by atoms with Crippen molar-refractivity contribution >= 4 is 25.8 Å². The number of methoxy groups -OCH3 is 1. The average molecular weight is 362 g/mol. The predicted octanol–water partition coefficient (Wildman–Crippen LogP) is 2.54. The van der Waals surface area contributed by atoms with E-state index >= 15 is 0 Å². The fourth-order valence-electron chi connectivity index (χ4n) is 2.45. The first-order valence-electron chi connectivity index (χ1n) is 6.68. The molecule has 1 N–H and O–H groups in total. The minimum absolute atomic E-state index is 0.181. The number of nitrogens with one attached hydrogen (secondary N) is 1. The standard InChI is InChI=1S/C14H20BrNO3S/c1-10(12-3-4-14(19-2)13(15)7-12)16-8-11-5-6-20(17,18)9-11/h3-4,7,10-11,16H,5-6,8-9H2,1-2H3. The van der Waals surface area contributed by atoms with Gasteiger partial charge in [0.05, 0.1) is 23.1 Å². The Hall–Kier alpha value is -0.590. The second-order valence-corrected chi connectivity index (χ2v) is 8.38. The maximum atomic E-state index is 11.4. The number of sulfone groups is 1. The average Bonchev–Trinajstić information content (AvgIpc) is 2.75. The zero-order chi connectivity index (χ0) is 14.8. The van der Waals surface area contributed by atoms with Gasteiger partial charge in [0, 0.05) is 6.04 Å². The van der Waals surface area contributed by atoms with Gasteiger partial charge in [0.1, 0.15) is 5.75 Å². The van der Waals surface area contributed by atoms with Crippen LogP contribution in [0.1, 0.15) is 24.9 Å². The van der Waals surface area contributed by atoms with Gasteiger partial charge in [0.25, 0.3) is 0 Å². The molecular weight excluding hydrogens is 342 g/mol. The fourth-order valence-corrected chi connectivity index (χ4v) is 4.87. The fraction of sp³-hybridized carbons (Fsp3) is 0.571. The van der Waals surface area contributed by atoms with E-state index in [1.54, 1.807) is 7.11 Å². The van der Waals surface area contributed by atoms with Gasteiger partial charge < -0.3 is 10.1 Å². The van der Waals surface area contributed by atoms with Crippen LogP contribution in [-0.2, 0) is 9.84 Å². The molecule has 1 fully saturated rings. The number of ether oxygens (including phenoxy) is 1. The molecule has 1 aliphatic heterocycles. The summed E-state index contributed by atoms with van der Waals surface area (Å²) in [6, 6.07) is 6.16. The minimum Gasteiger partial charge on any atom is -0.496 e. The van der Waals surface area contributed by atoms with Crippen LogP contribution in [-0.4, -0.2) is 33.6 Å². The first-order valence-corrected chi connectivity index (χ1v) is 9.30. The first kappa shape index (κ1) is 15.8. The molecule has 0 spiro atoms. The summed E-state index contributed by atoms with van der Waals surface area (Å²) in [4.78, 5) is 0. The van der Waals surface area contributed by atoms with Gasteiger partial charge in [0.15, 0.2) is 9.84 Å². The number of hydrogen-bond donors (Lipinski definition) is 1. The number of rotatable bonds is 5. The summed E-state index contributed by atoms with van der Waals surface area (Å²) in [6.45, 7) is 2.82. The third-order valence-corrected chi connectivity index (χ3v) is 6.17. The Morgan fingerprint density at radius 1 is 1.50 bits per heavy atom. The van der Waals surface area contributed by atoms with Crippen LogP contribution in [0.2, 0.25) is 0 Å². The third-order valence-electron chi connectivity index (χ3n) is 3.72. The van der Waals surface area contributed by atoms with E-state index in [4.69, 9.17) is 4.74 Å². The van der Waals surface area contributed by atoms with Gasteiger partial charge in [-0.3, -0.25) is 0 Å². The van der Waals surface area contributed by atoms with Crippen LogP contribution in [0.25, 0.3) is 0 Å². The van der Waals surface area contributed by atoms with Gasteiger partial charge in [-0.15, -0.1) is 0 Å². The van der Waals surface area contributed by atoms with Crippen molar-refractivity contribution in [2.24, 2.45) is 5.92 Å². The van der Waals surface area contributed by atoms with Crippen molar-refractivity contribution in [3.8, 4) is 5.75 Å². The molecule has 20 heavy (non-hydrogen) atoms. The highest BCUT2D eigenvalue weighted by molar-refractivity contribution is 9.10. The third kappa shape index (κ3) is 3.96. The Morgan fingerprint density at radius 3 is 2.80 bits per heavy atom. The topological polar surface area (TPSA) is 55.4 Å². The highest BCUT2D eigenvalue weighted by Gasteiger charge is 2.27. The van der Waals surface area contributed by atoms with Crippen molar-refractivity contribution < 1.29 is 13.2 Å². The highest BCUT2D eigenvalue weighted by atomic mass is 79.9. The molecule has 1 heterocycles. The van der Waals surface area contributed by atoms with E-state index in [1.807, 2.05) is 18.2 Å². The van der Waals surface area contributed by atoms with E-state index < -0.39 is 9.84 Å². The van der Waals surface area contributed by atoms with Gasteiger partial charge in [-0.25, -0.2) is 8.42 Å². The maximum Gasteiger partial charge on any atom is 0.150 e. The van der Waals surface area contributed by atoms with Crippen molar-refractivity contribution in [1.82, 2.24) is 5.32 Å². The minimum atomic E-state index is -2.79. The smallest absolute Gasteiger partial charge is 0.150 e. The van der Waals surface area contributed by atoms with Crippen LogP contribution in [0.15, 0.2) is 22.7 Å². The molecule has 6 heteroatoms. The maximum absolute atomic E-state index is 11.4. The highest BCUT2D eigenvalue weighted by Crippen LogP contribution is 2.28. The second kappa shape index (κ2) is 6.45. The summed E-state index contributed by atoms with van der Waals surface area (Å²) in [7, 11) is -1.15. The Kier molecular flexibility index (Phi) is 5.09. The van der Waals surface area contributed by atoms with Crippen LogP contribution < -0.4 is 10.1 Å². The van der Waals surface area contributed by atoms with Gasteiger partial charge >= 0.3 is 0 Å². The zero-order valence-electron chi connectivity index (χ0n) is 11.7. The van der Waals surface area contributed by atoms with Crippen LogP contribution >= 0.6 is 15.9 Å². The summed E-state index contributed by atoms with van der Waals surface area (Å²) in [6.07, 6.45) is 0.772. The van der Waals surface area contributed by atoms with Crippen molar-refractivity contribution in [2.45, 2.75) is 19.4 Å². The largest absolute Gasteiger partial charge is 0.496 e. The van der Waals surface area contributed by atoms with Crippen molar-refractivity contribution in [2.75, 3.05) is 25.2 Å². The summed E-state index contributed by atoms with van der Waals surface area (Å²) in [5, 5.41) is 3.42. The predicted molar refractivity (Wildman–Crippen MR) is 83.9 cm³/mol. The molecular formula is C14H20BrNO3S. The van der Waals surface area contributed by atoms with Crippen LogP contribution in [0.4, 0.5) is 0 Å². The molecule has 1 aromatic rings. The molecule has 1 aliphatic rings. The lowest BCUT2D eigenvalue weighted by atomic mass is 10.1. The molecule has 1 aromatic carbocycles. The lowest BCUT2D eigenvalue weighted by Crippen LogP contribution is -2.26. The number of benzene rings is 1. The summed E-state index contributed by atoms with van der Waals surface area (Å²) >= 11 is 3.48. The molecule has 0 saturated carbocycles. The molecule has 0 radical (unpaired) electrons. The lowest BCUT2D eigenvalue weighted by molar-refractivity contribution is 0.411. The SMILES string of the molecule is COc1ccc(C(C)NCC2CCS(=O)(=O)C2)cc1Br. The summed E-state index contributed by atoms with van der Waals surface area (Å²) in [5.41, 5.74) is 1.15.